The molecule has 20 heavy (non-hydrogen) atoms. The largest absolute Gasteiger partial charge is 0.488 e. The van der Waals surface area contributed by atoms with Crippen LogP contribution in [0.3, 0.4) is 0 Å². The fraction of sp³-hybridized carbons (Fsp3) is 0.571. The normalized spacial score (nSPS) is 17.7. The molecule has 0 radical (unpaired) electrons. The highest BCUT2D eigenvalue weighted by Crippen LogP contribution is 2.16. The Balaban J connectivity index is 2.05. The Morgan fingerprint density at radius 2 is 2.00 bits per heavy atom. The van der Waals surface area contributed by atoms with Crippen LogP contribution in [0.1, 0.15) is 18.4 Å². The molecule has 2 N–H and O–H groups in total. The molecule has 1 heterocycles. The van der Waals surface area contributed by atoms with E-state index in [1.165, 1.54) is 12.1 Å². The zero-order chi connectivity index (χ0) is 14.7. The van der Waals surface area contributed by atoms with E-state index in [0.717, 1.165) is 31.5 Å². The minimum Gasteiger partial charge on any atom is -0.423 e. The van der Waals surface area contributed by atoms with Crippen molar-refractivity contribution in [3.8, 4) is 0 Å². The Labute approximate surface area is 120 Å². The predicted molar refractivity (Wildman–Crippen MR) is 78.2 cm³/mol. The van der Waals surface area contributed by atoms with Gasteiger partial charge >= 0.3 is 7.12 Å². The Morgan fingerprint density at radius 3 is 2.60 bits per heavy atom. The van der Waals surface area contributed by atoms with Gasteiger partial charge in [-0.3, -0.25) is 4.90 Å². The van der Waals surface area contributed by atoms with Crippen molar-refractivity contribution in [1.82, 2.24) is 9.80 Å². The molecular formula is C14H22BFN2O2. The van der Waals surface area contributed by atoms with E-state index in [1.54, 1.807) is 6.07 Å². The van der Waals surface area contributed by atoms with Gasteiger partial charge in [-0.25, -0.2) is 4.39 Å². The minimum atomic E-state index is -1.63. The van der Waals surface area contributed by atoms with Crippen LogP contribution < -0.4 is 5.46 Å². The van der Waals surface area contributed by atoms with Crippen LogP contribution in [0, 0.1) is 5.82 Å². The van der Waals surface area contributed by atoms with Crippen LogP contribution in [0.5, 0.6) is 0 Å². The van der Waals surface area contributed by atoms with Gasteiger partial charge in [0.15, 0.2) is 0 Å². The number of hydrogen-bond donors (Lipinski definition) is 2. The van der Waals surface area contributed by atoms with Crippen LogP contribution in [0.25, 0.3) is 0 Å². The second-order valence-corrected chi connectivity index (χ2v) is 5.67. The summed E-state index contributed by atoms with van der Waals surface area (Å²) in [6.07, 6.45) is 2.20. The van der Waals surface area contributed by atoms with E-state index < -0.39 is 12.9 Å². The van der Waals surface area contributed by atoms with Crippen LogP contribution in [0.4, 0.5) is 4.39 Å². The Hall–Kier alpha value is -0.945. The molecule has 0 unspecified atom stereocenters. The van der Waals surface area contributed by atoms with E-state index in [2.05, 4.69) is 16.8 Å². The highest BCUT2D eigenvalue weighted by Gasteiger charge is 2.23. The van der Waals surface area contributed by atoms with Gasteiger partial charge in [0.25, 0.3) is 0 Å². The lowest BCUT2D eigenvalue weighted by atomic mass is 9.76. The van der Waals surface area contributed by atoms with Crippen LogP contribution in [-0.2, 0) is 6.54 Å². The lowest BCUT2D eigenvalue weighted by Crippen LogP contribution is -2.43. The number of halogens is 1. The summed E-state index contributed by atoms with van der Waals surface area (Å²) in [4.78, 5) is 4.53. The van der Waals surface area contributed by atoms with Gasteiger partial charge in [0.1, 0.15) is 5.82 Å². The van der Waals surface area contributed by atoms with Gasteiger partial charge in [-0.1, -0.05) is 6.07 Å². The van der Waals surface area contributed by atoms with Gasteiger partial charge in [0.2, 0.25) is 0 Å². The summed E-state index contributed by atoms with van der Waals surface area (Å²) in [6, 6.07) is 4.68. The zero-order valence-electron chi connectivity index (χ0n) is 12.1. The first-order valence-electron chi connectivity index (χ1n) is 7.00. The smallest absolute Gasteiger partial charge is 0.423 e. The van der Waals surface area contributed by atoms with E-state index in [4.69, 9.17) is 0 Å². The third-order valence-corrected chi connectivity index (χ3v) is 4.12. The van der Waals surface area contributed by atoms with Gasteiger partial charge in [-0.2, -0.15) is 0 Å². The predicted octanol–water partition coefficient (Wildman–Crippen LogP) is 0.0315. The quantitative estimate of drug-likeness (QED) is 0.764. The molecule has 110 valence electrons. The van der Waals surface area contributed by atoms with Crippen molar-refractivity contribution in [2.24, 2.45) is 0 Å². The van der Waals surface area contributed by atoms with E-state index in [1.807, 2.05) is 7.05 Å². The maximum Gasteiger partial charge on any atom is 0.488 e. The molecule has 1 saturated heterocycles. The van der Waals surface area contributed by atoms with Crippen LogP contribution in [0.2, 0.25) is 0 Å². The van der Waals surface area contributed by atoms with Crippen molar-refractivity contribution in [3.63, 3.8) is 0 Å². The molecule has 0 atom stereocenters. The van der Waals surface area contributed by atoms with Crippen molar-refractivity contribution in [3.05, 3.63) is 29.6 Å². The number of rotatable bonds is 4. The van der Waals surface area contributed by atoms with E-state index in [9.17, 15) is 14.4 Å². The van der Waals surface area contributed by atoms with Crippen LogP contribution >= 0.6 is 0 Å². The highest BCUT2D eigenvalue weighted by molar-refractivity contribution is 6.59. The molecule has 2 rings (SSSR count). The van der Waals surface area contributed by atoms with Gasteiger partial charge in [-0.15, -0.1) is 0 Å². The van der Waals surface area contributed by atoms with Crippen molar-refractivity contribution in [2.45, 2.75) is 25.4 Å². The van der Waals surface area contributed by atoms with Crippen molar-refractivity contribution in [1.29, 1.82) is 0 Å². The fourth-order valence-corrected chi connectivity index (χ4v) is 2.78. The van der Waals surface area contributed by atoms with E-state index in [-0.39, 0.29) is 5.46 Å². The molecular weight excluding hydrogens is 258 g/mol. The molecule has 0 bridgehead atoms. The van der Waals surface area contributed by atoms with E-state index >= 15 is 0 Å². The van der Waals surface area contributed by atoms with E-state index in [0.29, 0.717) is 12.6 Å². The van der Waals surface area contributed by atoms with Crippen molar-refractivity contribution < 1.29 is 14.4 Å². The minimum absolute atomic E-state index is 0.254. The monoisotopic (exact) mass is 280 g/mol. The molecule has 6 heteroatoms. The van der Waals surface area contributed by atoms with Gasteiger partial charge in [0, 0.05) is 12.6 Å². The Bertz CT molecular complexity index is 451. The number of likely N-dealkylation sites (tertiary alicyclic amines) is 1. The highest BCUT2D eigenvalue weighted by atomic mass is 19.1. The molecule has 1 aliphatic heterocycles. The first-order valence-corrected chi connectivity index (χ1v) is 7.00. The topological polar surface area (TPSA) is 46.9 Å². The molecule has 1 fully saturated rings. The van der Waals surface area contributed by atoms with Crippen molar-refractivity contribution >= 4 is 12.6 Å². The average Bonchev–Trinajstić information content (AvgIpc) is 2.41. The molecule has 1 aliphatic rings. The molecule has 0 saturated carbocycles. The second kappa shape index (κ2) is 6.67. The summed E-state index contributed by atoms with van der Waals surface area (Å²) in [5, 5.41) is 18.7. The Morgan fingerprint density at radius 1 is 1.35 bits per heavy atom. The standard InChI is InChI=1S/C14H22BFN2O2/c1-17-7-5-13(6-8-17)18(2)10-11-3-4-12(16)9-14(11)15(19)20/h3-4,9,13,19-20H,5-8,10H2,1-2H3. The SMILES string of the molecule is CN1CCC(N(C)Cc2ccc(F)cc2B(O)O)CC1. The first-order chi connectivity index (χ1) is 9.47. The third-order valence-electron chi connectivity index (χ3n) is 4.12. The molecule has 1 aromatic carbocycles. The van der Waals surface area contributed by atoms with Crippen LogP contribution in [0.15, 0.2) is 18.2 Å². The number of piperidine rings is 1. The van der Waals surface area contributed by atoms with Gasteiger partial charge in [0.05, 0.1) is 0 Å². The number of hydrogen-bond acceptors (Lipinski definition) is 4. The first kappa shape index (κ1) is 15.4. The molecule has 0 amide bonds. The number of benzene rings is 1. The summed E-state index contributed by atoms with van der Waals surface area (Å²) >= 11 is 0. The lowest BCUT2D eigenvalue weighted by Gasteiger charge is -2.35. The molecule has 1 aromatic rings. The van der Waals surface area contributed by atoms with Gasteiger partial charge in [-0.05, 0) is 63.2 Å². The summed E-state index contributed by atoms with van der Waals surface area (Å²) in [5.74, 6) is -0.446. The van der Waals surface area contributed by atoms with Gasteiger partial charge < -0.3 is 14.9 Å². The molecule has 0 spiro atoms. The maximum absolute atomic E-state index is 13.2. The summed E-state index contributed by atoms with van der Waals surface area (Å²) in [7, 11) is 2.52. The lowest BCUT2D eigenvalue weighted by molar-refractivity contribution is 0.139. The second-order valence-electron chi connectivity index (χ2n) is 5.67. The maximum atomic E-state index is 13.2. The zero-order valence-corrected chi connectivity index (χ0v) is 12.1. The van der Waals surface area contributed by atoms with Crippen LogP contribution in [-0.4, -0.2) is 60.2 Å². The fourth-order valence-electron chi connectivity index (χ4n) is 2.78. The third kappa shape index (κ3) is 3.79. The molecule has 0 aromatic heterocycles. The Kier molecular flexibility index (Phi) is 5.15. The molecule has 0 aliphatic carbocycles. The summed E-state index contributed by atoms with van der Waals surface area (Å²) < 4.78 is 13.2. The summed E-state index contributed by atoms with van der Waals surface area (Å²) in [6.45, 7) is 2.75. The molecule has 4 nitrogen and oxygen atoms in total. The van der Waals surface area contributed by atoms with Crippen molar-refractivity contribution in [2.75, 3.05) is 27.2 Å². The summed E-state index contributed by atoms with van der Waals surface area (Å²) in [5.41, 5.74) is 1.02. The number of nitrogens with zero attached hydrogens (tertiary/aromatic N) is 2. The average molecular weight is 280 g/mol.